The van der Waals surface area contributed by atoms with Gasteiger partial charge in [-0.3, -0.25) is 4.79 Å². The maximum Gasteiger partial charge on any atom is 0.259 e. The van der Waals surface area contributed by atoms with Crippen LogP contribution in [0.15, 0.2) is 40.9 Å². The van der Waals surface area contributed by atoms with E-state index in [1.807, 2.05) is 44.2 Å². The smallest absolute Gasteiger partial charge is 0.259 e. The SMILES string of the molecule is COc1ccc(Br)c(C(=O)N(C)c2cc(C)ccc2C)c1. The molecule has 2 aromatic carbocycles. The van der Waals surface area contributed by atoms with Gasteiger partial charge >= 0.3 is 0 Å². The molecule has 0 saturated carbocycles. The van der Waals surface area contributed by atoms with Crippen molar-refractivity contribution in [3.63, 3.8) is 0 Å². The third-order valence-electron chi connectivity index (χ3n) is 3.43. The van der Waals surface area contributed by atoms with Crippen LogP contribution >= 0.6 is 15.9 Å². The van der Waals surface area contributed by atoms with Gasteiger partial charge in [0.15, 0.2) is 0 Å². The lowest BCUT2D eigenvalue weighted by molar-refractivity contribution is 0.0992. The Morgan fingerprint density at radius 3 is 2.52 bits per heavy atom. The maximum atomic E-state index is 12.7. The molecular weight excluding hydrogens is 330 g/mol. The Kier molecular flexibility index (Phi) is 4.68. The highest BCUT2D eigenvalue weighted by Crippen LogP contribution is 2.27. The fourth-order valence-corrected chi connectivity index (χ4v) is 2.58. The van der Waals surface area contributed by atoms with E-state index in [-0.39, 0.29) is 5.91 Å². The molecule has 0 saturated heterocycles. The molecule has 0 radical (unpaired) electrons. The molecule has 4 heteroatoms. The van der Waals surface area contributed by atoms with Gasteiger partial charge in [0.05, 0.1) is 12.7 Å². The Balaban J connectivity index is 2.41. The van der Waals surface area contributed by atoms with Gasteiger partial charge in [-0.25, -0.2) is 0 Å². The molecule has 2 aromatic rings. The fraction of sp³-hybridized carbons (Fsp3) is 0.235. The van der Waals surface area contributed by atoms with Crippen molar-refractivity contribution in [1.82, 2.24) is 0 Å². The van der Waals surface area contributed by atoms with E-state index in [0.717, 1.165) is 21.3 Å². The van der Waals surface area contributed by atoms with Gasteiger partial charge in [-0.2, -0.15) is 0 Å². The van der Waals surface area contributed by atoms with Gasteiger partial charge in [0.2, 0.25) is 0 Å². The summed E-state index contributed by atoms with van der Waals surface area (Å²) in [5.74, 6) is 0.588. The highest BCUT2D eigenvalue weighted by Gasteiger charge is 2.18. The topological polar surface area (TPSA) is 29.5 Å². The quantitative estimate of drug-likeness (QED) is 0.825. The molecule has 0 bridgehead atoms. The van der Waals surface area contributed by atoms with E-state index < -0.39 is 0 Å². The minimum Gasteiger partial charge on any atom is -0.497 e. The summed E-state index contributed by atoms with van der Waals surface area (Å²) in [7, 11) is 3.38. The number of hydrogen-bond acceptors (Lipinski definition) is 2. The number of benzene rings is 2. The van der Waals surface area contributed by atoms with Gasteiger partial charge in [0.25, 0.3) is 5.91 Å². The summed E-state index contributed by atoms with van der Waals surface area (Å²) < 4.78 is 5.95. The van der Waals surface area contributed by atoms with Crippen molar-refractivity contribution >= 4 is 27.5 Å². The number of aryl methyl sites for hydroxylation is 2. The molecular formula is C17H18BrNO2. The molecule has 1 amide bonds. The van der Waals surface area contributed by atoms with Crippen molar-refractivity contribution in [2.75, 3.05) is 19.1 Å². The molecule has 0 heterocycles. The zero-order valence-electron chi connectivity index (χ0n) is 12.6. The van der Waals surface area contributed by atoms with Crippen molar-refractivity contribution in [2.45, 2.75) is 13.8 Å². The van der Waals surface area contributed by atoms with E-state index in [1.165, 1.54) is 0 Å². The third-order valence-corrected chi connectivity index (χ3v) is 4.13. The number of rotatable bonds is 3. The summed E-state index contributed by atoms with van der Waals surface area (Å²) in [5, 5.41) is 0. The van der Waals surface area contributed by atoms with Crippen molar-refractivity contribution in [2.24, 2.45) is 0 Å². The normalized spacial score (nSPS) is 10.3. The number of carbonyl (C=O) groups is 1. The molecule has 0 spiro atoms. The van der Waals surface area contributed by atoms with Crippen LogP contribution in [0.3, 0.4) is 0 Å². The molecule has 0 atom stereocenters. The first-order valence-electron chi connectivity index (χ1n) is 6.63. The van der Waals surface area contributed by atoms with Gasteiger partial charge in [0.1, 0.15) is 5.75 Å². The largest absolute Gasteiger partial charge is 0.497 e. The van der Waals surface area contributed by atoms with Crippen LogP contribution in [-0.4, -0.2) is 20.1 Å². The Labute approximate surface area is 133 Å². The fourth-order valence-electron chi connectivity index (χ4n) is 2.17. The minimum atomic E-state index is -0.0746. The molecule has 0 N–H and O–H groups in total. The second-order valence-electron chi connectivity index (χ2n) is 5.00. The molecule has 0 aliphatic heterocycles. The molecule has 0 fully saturated rings. The van der Waals surface area contributed by atoms with Gasteiger partial charge < -0.3 is 9.64 Å². The Bertz CT molecular complexity index is 682. The molecule has 2 rings (SSSR count). The highest BCUT2D eigenvalue weighted by molar-refractivity contribution is 9.10. The number of ether oxygens (including phenoxy) is 1. The van der Waals surface area contributed by atoms with Gasteiger partial charge in [-0.1, -0.05) is 12.1 Å². The van der Waals surface area contributed by atoms with Crippen molar-refractivity contribution < 1.29 is 9.53 Å². The second-order valence-corrected chi connectivity index (χ2v) is 5.85. The molecule has 0 aromatic heterocycles. The Morgan fingerprint density at radius 1 is 1.14 bits per heavy atom. The van der Waals surface area contributed by atoms with Gasteiger partial charge in [-0.05, 0) is 65.2 Å². The summed E-state index contributed by atoms with van der Waals surface area (Å²) in [6, 6.07) is 11.5. The van der Waals surface area contributed by atoms with Crippen molar-refractivity contribution in [3.05, 3.63) is 57.6 Å². The molecule has 21 heavy (non-hydrogen) atoms. The predicted molar refractivity (Wildman–Crippen MR) is 89.3 cm³/mol. The number of methoxy groups -OCH3 is 1. The molecule has 0 aliphatic rings. The number of anilines is 1. The van der Waals surface area contributed by atoms with Crippen LogP contribution in [0.1, 0.15) is 21.5 Å². The van der Waals surface area contributed by atoms with E-state index in [4.69, 9.17) is 4.74 Å². The number of halogens is 1. The first kappa shape index (κ1) is 15.6. The van der Waals surface area contributed by atoms with Crippen LogP contribution < -0.4 is 9.64 Å². The van der Waals surface area contributed by atoms with Crippen LogP contribution in [-0.2, 0) is 0 Å². The minimum absolute atomic E-state index is 0.0746. The Morgan fingerprint density at radius 2 is 1.86 bits per heavy atom. The average Bonchev–Trinajstić information content (AvgIpc) is 2.49. The van der Waals surface area contributed by atoms with Crippen molar-refractivity contribution in [1.29, 1.82) is 0 Å². The van der Waals surface area contributed by atoms with Crippen LogP contribution in [0, 0.1) is 13.8 Å². The van der Waals surface area contributed by atoms with E-state index in [9.17, 15) is 4.79 Å². The van der Waals surface area contributed by atoms with Gasteiger partial charge in [-0.15, -0.1) is 0 Å². The number of nitrogens with zero attached hydrogens (tertiary/aromatic N) is 1. The highest BCUT2D eigenvalue weighted by atomic mass is 79.9. The van der Waals surface area contributed by atoms with Crippen LogP contribution in [0.5, 0.6) is 5.75 Å². The summed E-state index contributed by atoms with van der Waals surface area (Å²) in [6.45, 7) is 4.02. The van der Waals surface area contributed by atoms with Crippen molar-refractivity contribution in [3.8, 4) is 5.75 Å². The number of amides is 1. The van der Waals surface area contributed by atoms with Gasteiger partial charge in [0, 0.05) is 17.2 Å². The first-order chi connectivity index (χ1) is 9.93. The standard InChI is InChI=1S/C17H18BrNO2/c1-11-5-6-12(2)16(9-11)19(3)17(20)14-10-13(21-4)7-8-15(14)18/h5-10H,1-4H3. The maximum absolute atomic E-state index is 12.7. The van der Waals surface area contributed by atoms with E-state index in [2.05, 4.69) is 15.9 Å². The lowest BCUT2D eigenvalue weighted by atomic mass is 10.1. The average molecular weight is 348 g/mol. The lowest BCUT2D eigenvalue weighted by Crippen LogP contribution is -2.27. The predicted octanol–water partition coefficient (Wildman–Crippen LogP) is 4.35. The summed E-state index contributed by atoms with van der Waals surface area (Å²) in [5.41, 5.74) is 3.68. The van der Waals surface area contributed by atoms with Crippen LogP contribution in [0.25, 0.3) is 0 Å². The monoisotopic (exact) mass is 347 g/mol. The molecule has 0 aliphatic carbocycles. The number of hydrogen-bond donors (Lipinski definition) is 0. The summed E-state index contributed by atoms with van der Waals surface area (Å²) >= 11 is 3.43. The zero-order valence-corrected chi connectivity index (χ0v) is 14.2. The van der Waals surface area contributed by atoms with Crippen LogP contribution in [0.2, 0.25) is 0 Å². The molecule has 3 nitrogen and oxygen atoms in total. The summed E-state index contributed by atoms with van der Waals surface area (Å²) in [6.07, 6.45) is 0. The second kappa shape index (κ2) is 6.31. The summed E-state index contributed by atoms with van der Waals surface area (Å²) in [4.78, 5) is 14.4. The lowest BCUT2D eigenvalue weighted by Gasteiger charge is -2.21. The van der Waals surface area contributed by atoms with E-state index in [1.54, 1.807) is 25.1 Å². The van der Waals surface area contributed by atoms with E-state index in [0.29, 0.717) is 11.3 Å². The van der Waals surface area contributed by atoms with Crippen LogP contribution in [0.4, 0.5) is 5.69 Å². The molecule has 0 unspecified atom stereocenters. The molecule has 110 valence electrons. The van der Waals surface area contributed by atoms with E-state index >= 15 is 0 Å². The number of carbonyl (C=O) groups excluding carboxylic acids is 1. The first-order valence-corrected chi connectivity index (χ1v) is 7.42. The Hall–Kier alpha value is -1.81. The third kappa shape index (κ3) is 3.27. The zero-order chi connectivity index (χ0) is 15.6.